The second-order valence-corrected chi connectivity index (χ2v) is 5.35. The molecule has 1 N–H and O–H groups in total. The fourth-order valence-corrected chi connectivity index (χ4v) is 2.65. The fourth-order valence-electron chi connectivity index (χ4n) is 1.97. The van der Waals surface area contributed by atoms with Crippen LogP contribution in [0.1, 0.15) is 11.6 Å². The monoisotopic (exact) mass is 324 g/mol. The topological polar surface area (TPSA) is 34.2 Å². The van der Waals surface area contributed by atoms with Gasteiger partial charge in [-0.3, -0.25) is 0 Å². The van der Waals surface area contributed by atoms with Crippen LogP contribution in [0.25, 0.3) is 0 Å². The molecule has 0 spiro atoms. The van der Waals surface area contributed by atoms with Crippen molar-refractivity contribution in [3.8, 4) is 5.75 Å². The van der Waals surface area contributed by atoms with E-state index in [2.05, 4.69) is 26.2 Å². The molecule has 2 heterocycles. The zero-order chi connectivity index (χ0) is 12.5. The molecule has 0 fully saturated rings. The van der Waals surface area contributed by atoms with Crippen LogP contribution >= 0.6 is 27.5 Å². The number of pyridine rings is 1. The number of aromatic nitrogens is 1. The zero-order valence-electron chi connectivity index (χ0n) is 9.36. The van der Waals surface area contributed by atoms with E-state index in [-0.39, 0.29) is 6.04 Å². The number of para-hydroxylation sites is 1. The Morgan fingerprint density at radius 3 is 3.06 bits per heavy atom. The summed E-state index contributed by atoms with van der Waals surface area (Å²) < 4.78 is 6.47. The number of fused-ring (bicyclic) bond motifs is 1. The average molecular weight is 326 g/mol. The van der Waals surface area contributed by atoms with Gasteiger partial charge in [0.25, 0.3) is 0 Å². The van der Waals surface area contributed by atoms with Gasteiger partial charge in [-0.2, -0.15) is 0 Å². The van der Waals surface area contributed by atoms with Crippen molar-refractivity contribution in [3.63, 3.8) is 0 Å². The minimum atomic E-state index is 0.0902. The van der Waals surface area contributed by atoms with Crippen LogP contribution in [-0.4, -0.2) is 11.6 Å². The van der Waals surface area contributed by atoms with Crippen molar-refractivity contribution in [2.75, 3.05) is 11.9 Å². The van der Waals surface area contributed by atoms with Crippen LogP contribution in [0, 0.1) is 0 Å². The fraction of sp³-hybridized carbons (Fsp3) is 0.154. The lowest BCUT2D eigenvalue weighted by Crippen LogP contribution is -2.13. The molecule has 1 aromatic carbocycles. The molecular formula is C13H10BrClN2O. The molecule has 92 valence electrons. The summed E-state index contributed by atoms with van der Waals surface area (Å²) in [5.41, 5.74) is 1.14. The van der Waals surface area contributed by atoms with E-state index < -0.39 is 0 Å². The molecule has 0 saturated carbocycles. The second-order valence-electron chi connectivity index (χ2n) is 4.03. The largest absolute Gasteiger partial charge is 0.491 e. The lowest BCUT2D eigenvalue weighted by atomic mass is 10.1. The van der Waals surface area contributed by atoms with Gasteiger partial charge in [0.15, 0.2) is 0 Å². The number of rotatable bonds is 2. The highest BCUT2D eigenvalue weighted by atomic mass is 79.9. The summed E-state index contributed by atoms with van der Waals surface area (Å²) in [5, 5.41) is 3.90. The Kier molecular flexibility index (Phi) is 3.14. The van der Waals surface area contributed by atoms with Gasteiger partial charge in [-0.1, -0.05) is 29.8 Å². The first-order valence-electron chi connectivity index (χ1n) is 5.53. The molecule has 0 bridgehead atoms. The molecule has 1 unspecified atom stereocenters. The molecule has 0 amide bonds. The van der Waals surface area contributed by atoms with E-state index in [1.165, 1.54) is 0 Å². The number of nitrogens with one attached hydrogen (secondary N) is 1. The first-order valence-corrected chi connectivity index (χ1v) is 6.70. The van der Waals surface area contributed by atoms with E-state index in [4.69, 9.17) is 16.3 Å². The molecule has 0 radical (unpaired) electrons. The Hall–Kier alpha value is -1.26. The molecule has 1 aliphatic heterocycles. The molecule has 18 heavy (non-hydrogen) atoms. The van der Waals surface area contributed by atoms with Gasteiger partial charge in [-0.25, -0.2) is 4.98 Å². The van der Waals surface area contributed by atoms with Gasteiger partial charge in [0.1, 0.15) is 18.2 Å². The molecule has 5 heteroatoms. The second kappa shape index (κ2) is 4.78. The van der Waals surface area contributed by atoms with E-state index in [9.17, 15) is 0 Å². The van der Waals surface area contributed by atoms with Crippen molar-refractivity contribution in [1.29, 1.82) is 0 Å². The smallest absolute Gasteiger partial charge is 0.145 e. The standard InChI is InChI=1S/C13H10BrClN2O/c14-8-5-10(15)13(16-6-8)17-11-7-18-12-4-2-1-3-9(11)12/h1-6,11H,7H2,(H,16,17). The number of hydrogen-bond acceptors (Lipinski definition) is 3. The molecule has 3 nitrogen and oxygen atoms in total. The number of hydrogen-bond donors (Lipinski definition) is 1. The van der Waals surface area contributed by atoms with Gasteiger partial charge >= 0.3 is 0 Å². The van der Waals surface area contributed by atoms with E-state index in [1.54, 1.807) is 6.20 Å². The third-order valence-electron chi connectivity index (χ3n) is 2.82. The minimum absolute atomic E-state index is 0.0902. The maximum atomic E-state index is 6.14. The van der Waals surface area contributed by atoms with Crippen molar-refractivity contribution >= 4 is 33.3 Å². The number of ether oxygens (including phenoxy) is 1. The summed E-state index contributed by atoms with van der Waals surface area (Å²) in [6, 6.07) is 9.89. The van der Waals surface area contributed by atoms with Crippen LogP contribution < -0.4 is 10.1 Å². The lowest BCUT2D eigenvalue weighted by molar-refractivity contribution is 0.339. The molecule has 0 aliphatic carbocycles. The maximum absolute atomic E-state index is 6.14. The third kappa shape index (κ3) is 2.18. The van der Waals surface area contributed by atoms with Crippen LogP contribution in [0.4, 0.5) is 5.82 Å². The predicted molar refractivity (Wildman–Crippen MR) is 75.2 cm³/mol. The van der Waals surface area contributed by atoms with Crippen LogP contribution in [0.3, 0.4) is 0 Å². The SMILES string of the molecule is Clc1cc(Br)cnc1NC1COc2ccccc21. The highest BCUT2D eigenvalue weighted by Crippen LogP contribution is 2.35. The van der Waals surface area contributed by atoms with Crippen LogP contribution in [0.2, 0.25) is 5.02 Å². The van der Waals surface area contributed by atoms with E-state index >= 15 is 0 Å². The Labute approximate surface area is 118 Å². The quantitative estimate of drug-likeness (QED) is 0.904. The average Bonchev–Trinajstić information content (AvgIpc) is 2.76. The van der Waals surface area contributed by atoms with Crippen LogP contribution in [0.5, 0.6) is 5.75 Å². The Morgan fingerprint density at radius 2 is 2.22 bits per heavy atom. The summed E-state index contributed by atoms with van der Waals surface area (Å²) in [6.45, 7) is 0.591. The summed E-state index contributed by atoms with van der Waals surface area (Å²) in [5.74, 6) is 1.59. The number of anilines is 1. The molecule has 0 saturated heterocycles. The molecule has 1 atom stereocenters. The van der Waals surface area contributed by atoms with Crippen molar-refractivity contribution in [3.05, 3.63) is 51.6 Å². The Bertz CT molecular complexity index is 591. The number of benzene rings is 1. The highest BCUT2D eigenvalue weighted by molar-refractivity contribution is 9.10. The first-order chi connectivity index (χ1) is 8.74. The van der Waals surface area contributed by atoms with E-state index in [1.807, 2.05) is 30.3 Å². The molecule has 1 aromatic heterocycles. The van der Waals surface area contributed by atoms with Crippen molar-refractivity contribution < 1.29 is 4.74 Å². The van der Waals surface area contributed by atoms with Crippen molar-refractivity contribution in [2.45, 2.75) is 6.04 Å². The molecule has 3 rings (SSSR count). The minimum Gasteiger partial charge on any atom is -0.491 e. The van der Waals surface area contributed by atoms with Crippen LogP contribution in [-0.2, 0) is 0 Å². The Balaban J connectivity index is 1.86. The van der Waals surface area contributed by atoms with Crippen LogP contribution in [0.15, 0.2) is 41.0 Å². The first kappa shape index (κ1) is 11.8. The van der Waals surface area contributed by atoms with E-state index in [0.717, 1.165) is 15.8 Å². The maximum Gasteiger partial charge on any atom is 0.145 e. The van der Waals surface area contributed by atoms with Gasteiger partial charge in [0.2, 0.25) is 0 Å². The molecule has 1 aliphatic rings. The van der Waals surface area contributed by atoms with Crippen molar-refractivity contribution in [2.24, 2.45) is 0 Å². The summed E-state index contributed by atoms with van der Waals surface area (Å²) in [6.07, 6.45) is 1.72. The number of nitrogens with zero attached hydrogens (tertiary/aromatic N) is 1. The van der Waals surface area contributed by atoms with Gasteiger partial charge in [0.05, 0.1) is 11.1 Å². The van der Waals surface area contributed by atoms with Gasteiger partial charge < -0.3 is 10.1 Å². The predicted octanol–water partition coefficient (Wildman–Crippen LogP) is 4.04. The molecular weight excluding hydrogens is 316 g/mol. The summed E-state index contributed by atoms with van der Waals surface area (Å²) in [4.78, 5) is 4.27. The lowest BCUT2D eigenvalue weighted by Gasteiger charge is -2.13. The number of halogens is 2. The van der Waals surface area contributed by atoms with Crippen molar-refractivity contribution in [1.82, 2.24) is 4.98 Å². The summed E-state index contributed by atoms with van der Waals surface area (Å²) >= 11 is 9.47. The van der Waals surface area contributed by atoms with Gasteiger partial charge in [-0.15, -0.1) is 0 Å². The zero-order valence-corrected chi connectivity index (χ0v) is 11.7. The highest BCUT2D eigenvalue weighted by Gasteiger charge is 2.24. The van der Waals surface area contributed by atoms with Gasteiger partial charge in [-0.05, 0) is 28.1 Å². The van der Waals surface area contributed by atoms with Gasteiger partial charge in [0, 0.05) is 16.2 Å². The Morgan fingerprint density at radius 1 is 1.39 bits per heavy atom. The van der Waals surface area contributed by atoms with E-state index in [0.29, 0.717) is 17.4 Å². The summed E-state index contributed by atoms with van der Waals surface area (Å²) in [7, 11) is 0. The third-order valence-corrected chi connectivity index (χ3v) is 3.54. The molecule has 2 aromatic rings. The normalized spacial score (nSPS) is 17.1.